The fourth-order valence-electron chi connectivity index (χ4n) is 2.35. The van der Waals surface area contributed by atoms with Crippen LogP contribution >= 0.6 is 0 Å². The van der Waals surface area contributed by atoms with Crippen molar-refractivity contribution >= 4 is 10.0 Å². The maximum atomic E-state index is 12.3. The third-order valence-electron chi connectivity index (χ3n) is 3.85. The number of aromatic nitrogens is 2. The first-order valence-corrected chi connectivity index (χ1v) is 9.56. The Kier molecular flexibility index (Phi) is 5.34. The number of nitrogens with one attached hydrogen (secondary N) is 1. The minimum atomic E-state index is -3.65. The van der Waals surface area contributed by atoms with E-state index in [1.807, 2.05) is 25.1 Å². The molecule has 0 aliphatic carbocycles. The van der Waals surface area contributed by atoms with Gasteiger partial charge in [0, 0.05) is 5.56 Å². The number of ether oxygens (including phenoxy) is 1. The highest BCUT2D eigenvalue weighted by molar-refractivity contribution is 7.89. The molecule has 3 aromatic rings. The Bertz CT molecular complexity index is 982. The van der Waals surface area contributed by atoms with Gasteiger partial charge in [0.15, 0.2) is 0 Å². The Morgan fingerprint density at radius 2 is 1.92 bits per heavy atom. The molecular formula is C18H19N3O4S. The highest BCUT2D eigenvalue weighted by Gasteiger charge is 2.16. The zero-order valence-electron chi connectivity index (χ0n) is 14.5. The van der Waals surface area contributed by atoms with E-state index in [1.54, 1.807) is 37.4 Å². The molecule has 0 saturated carbocycles. The second-order valence-electron chi connectivity index (χ2n) is 5.57. The molecule has 0 atom stereocenters. The van der Waals surface area contributed by atoms with Crippen molar-refractivity contribution < 1.29 is 17.7 Å². The van der Waals surface area contributed by atoms with E-state index in [4.69, 9.17) is 9.26 Å². The molecule has 0 fully saturated rings. The molecule has 0 aliphatic rings. The Balaban J connectivity index is 1.70. The van der Waals surface area contributed by atoms with Crippen molar-refractivity contribution in [3.63, 3.8) is 0 Å². The molecule has 0 amide bonds. The number of hydrogen-bond acceptors (Lipinski definition) is 6. The minimum absolute atomic E-state index is 0.0885. The summed E-state index contributed by atoms with van der Waals surface area (Å²) < 4.78 is 37.5. The molecule has 1 heterocycles. The first-order chi connectivity index (χ1) is 12.5. The second kappa shape index (κ2) is 7.67. The van der Waals surface area contributed by atoms with Crippen LogP contribution in [0.2, 0.25) is 0 Å². The predicted molar refractivity (Wildman–Crippen MR) is 96.1 cm³/mol. The van der Waals surface area contributed by atoms with E-state index in [0.29, 0.717) is 11.6 Å². The van der Waals surface area contributed by atoms with E-state index < -0.39 is 10.0 Å². The largest absolute Gasteiger partial charge is 0.497 e. The maximum Gasteiger partial charge on any atom is 0.242 e. The van der Waals surface area contributed by atoms with Crippen LogP contribution in [0.25, 0.3) is 11.4 Å². The molecule has 3 rings (SSSR count). The van der Waals surface area contributed by atoms with Gasteiger partial charge < -0.3 is 9.26 Å². The molecule has 0 spiro atoms. The molecule has 2 aromatic carbocycles. The Hall–Kier alpha value is -2.71. The van der Waals surface area contributed by atoms with Gasteiger partial charge in [0.2, 0.25) is 21.7 Å². The number of aryl methyl sites for hydroxylation is 1. The first-order valence-electron chi connectivity index (χ1n) is 8.07. The van der Waals surface area contributed by atoms with E-state index in [0.717, 1.165) is 17.5 Å². The number of rotatable bonds is 7. The van der Waals surface area contributed by atoms with Crippen molar-refractivity contribution in [1.82, 2.24) is 14.9 Å². The molecule has 1 N–H and O–H groups in total. The standard InChI is InChI=1S/C18H19N3O4S/c1-3-13-7-9-16(10-8-13)26(22,23)19-12-17-20-18(21-25-17)14-5-4-6-15(11-14)24-2/h4-11,19H,3,12H2,1-2H3. The highest BCUT2D eigenvalue weighted by Crippen LogP contribution is 2.21. The van der Waals surface area contributed by atoms with Crippen molar-refractivity contribution in [3.8, 4) is 17.1 Å². The van der Waals surface area contributed by atoms with Gasteiger partial charge in [-0.1, -0.05) is 36.3 Å². The lowest BCUT2D eigenvalue weighted by atomic mass is 10.2. The number of hydrogen-bond donors (Lipinski definition) is 1. The molecule has 0 unspecified atom stereocenters. The number of benzene rings is 2. The van der Waals surface area contributed by atoms with Crippen molar-refractivity contribution in [1.29, 1.82) is 0 Å². The summed E-state index contributed by atoms with van der Waals surface area (Å²) in [5.41, 5.74) is 1.79. The Labute approximate surface area is 152 Å². The van der Waals surface area contributed by atoms with Gasteiger partial charge in [0.25, 0.3) is 0 Å². The molecule has 7 nitrogen and oxygen atoms in total. The fourth-order valence-corrected chi connectivity index (χ4v) is 3.33. The van der Waals surface area contributed by atoms with Crippen LogP contribution in [0.5, 0.6) is 5.75 Å². The van der Waals surface area contributed by atoms with Crippen LogP contribution in [0, 0.1) is 0 Å². The van der Waals surface area contributed by atoms with Crippen LogP contribution in [0.4, 0.5) is 0 Å². The van der Waals surface area contributed by atoms with E-state index >= 15 is 0 Å². The van der Waals surface area contributed by atoms with Gasteiger partial charge in [0.05, 0.1) is 18.6 Å². The second-order valence-corrected chi connectivity index (χ2v) is 7.33. The lowest BCUT2D eigenvalue weighted by Crippen LogP contribution is -2.23. The molecule has 1 aromatic heterocycles. The van der Waals surface area contributed by atoms with Crippen LogP contribution < -0.4 is 9.46 Å². The average Bonchev–Trinajstić information content (AvgIpc) is 3.16. The van der Waals surface area contributed by atoms with Crippen LogP contribution in [-0.2, 0) is 23.0 Å². The summed E-state index contributed by atoms with van der Waals surface area (Å²) >= 11 is 0. The molecule has 0 radical (unpaired) electrons. The third kappa shape index (κ3) is 4.09. The molecule has 0 saturated heterocycles. The molecule has 26 heavy (non-hydrogen) atoms. The first kappa shape index (κ1) is 18.1. The number of nitrogens with zero attached hydrogens (tertiary/aromatic N) is 2. The van der Waals surface area contributed by atoms with Gasteiger partial charge in [-0.3, -0.25) is 0 Å². The van der Waals surface area contributed by atoms with E-state index in [-0.39, 0.29) is 17.3 Å². The van der Waals surface area contributed by atoms with Gasteiger partial charge in [0.1, 0.15) is 5.75 Å². The van der Waals surface area contributed by atoms with Crippen molar-refractivity contribution in [2.45, 2.75) is 24.8 Å². The minimum Gasteiger partial charge on any atom is -0.497 e. The van der Waals surface area contributed by atoms with Crippen LogP contribution in [0.1, 0.15) is 18.4 Å². The molecule has 8 heteroatoms. The van der Waals surface area contributed by atoms with E-state index in [2.05, 4.69) is 14.9 Å². The summed E-state index contributed by atoms with van der Waals surface area (Å²) in [5, 5.41) is 3.88. The molecule has 0 bridgehead atoms. The van der Waals surface area contributed by atoms with Crippen LogP contribution in [-0.4, -0.2) is 25.7 Å². The number of methoxy groups -OCH3 is 1. The van der Waals surface area contributed by atoms with Gasteiger partial charge in [-0.05, 0) is 36.2 Å². The van der Waals surface area contributed by atoms with Crippen LogP contribution in [0.15, 0.2) is 57.9 Å². The highest BCUT2D eigenvalue weighted by atomic mass is 32.2. The van der Waals surface area contributed by atoms with Gasteiger partial charge >= 0.3 is 0 Å². The van der Waals surface area contributed by atoms with Crippen molar-refractivity contribution in [3.05, 3.63) is 60.0 Å². The third-order valence-corrected chi connectivity index (χ3v) is 5.27. The predicted octanol–water partition coefficient (Wildman–Crippen LogP) is 2.79. The lowest BCUT2D eigenvalue weighted by Gasteiger charge is -2.05. The maximum absolute atomic E-state index is 12.3. The van der Waals surface area contributed by atoms with E-state index in [1.165, 1.54) is 0 Å². The zero-order chi connectivity index (χ0) is 18.6. The summed E-state index contributed by atoms with van der Waals surface area (Å²) in [7, 11) is -2.08. The number of sulfonamides is 1. The van der Waals surface area contributed by atoms with Crippen LogP contribution in [0.3, 0.4) is 0 Å². The Morgan fingerprint density at radius 1 is 1.15 bits per heavy atom. The van der Waals surface area contributed by atoms with Gasteiger partial charge in [-0.2, -0.15) is 4.98 Å². The monoisotopic (exact) mass is 373 g/mol. The molecule has 136 valence electrons. The van der Waals surface area contributed by atoms with E-state index in [9.17, 15) is 8.42 Å². The summed E-state index contributed by atoms with van der Waals surface area (Å²) in [4.78, 5) is 4.42. The Morgan fingerprint density at radius 3 is 2.62 bits per heavy atom. The van der Waals surface area contributed by atoms with Gasteiger partial charge in [-0.15, -0.1) is 0 Å². The topological polar surface area (TPSA) is 94.3 Å². The lowest BCUT2D eigenvalue weighted by molar-refractivity contribution is 0.376. The van der Waals surface area contributed by atoms with Crippen molar-refractivity contribution in [2.24, 2.45) is 0 Å². The molecular weight excluding hydrogens is 354 g/mol. The SMILES string of the molecule is CCc1ccc(S(=O)(=O)NCc2nc(-c3cccc(OC)c3)no2)cc1. The average molecular weight is 373 g/mol. The van der Waals surface area contributed by atoms with Crippen molar-refractivity contribution in [2.75, 3.05) is 7.11 Å². The summed E-state index contributed by atoms with van der Waals surface area (Å²) in [6, 6.07) is 14.0. The normalized spacial score (nSPS) is 11.5. The fraction of sp³-hybridized carbons (Fsp3) is 0.222. The zero-order valence-corrected chi connectivity index (χ0v) is 15.3. The molecule has 0 aliphatic heterocycles. The summed E-state index contributed by atoms with van der Waals surface area (Å²) in [6.07, 6.45) is 0.850. The quantitative estimate of drug-likeness (QED) is 0.684. The smallest absolute Gasteiger partial charge is 0.242 e. The summed E-state index contributed by atoms with van der Waals surface area (Å²) in [6.45, 7) is 1.92. The summed E-state index contributed by atoms with van der Waals surface area (Å²) in [5.74, 6) is 1.21. The van der Waals surface area contributed by atoms with Gasteiger partial charge in [-0.25, -0.2) is 13.1 Å².